The molecule has 2 aliphatic rings. The van der Waals surface area contributed by atoms with Gasteiger partial charge in [0.15, 0.2) is 0 Å². The third-order valence-electron chi connectivity index (χ3n) is 4.75. The Kier molecular flexibility index (Phi) is 6.50. The summed E-state index contributed by atoms with van der Waals surface area (Å²) >= 11 is 0. The van der Waals surface area contributed by atoms with Crippen molar-refractivity contribution in [2.45, 2.75) is 70.8 Å². The van der Waals surface area contributed by atoms with Crippen molar-refractivity contribution in [1.82, 2.24) is 10.2 Å². The number of hydrogen-bond donors (Lipinski definition) is 1. The molecule has 0 saturated carbocycles. The minimum atomic E-state index is 0.823. The summed E-state index contributed by atoms with van der Waals surface area (Å²) in [6, 6.07) is 0.823. The molecule has 2 heteroatoms. The third-order valence-corrected chi connectivity index (χ3v) is 4.75. The minimum Gasteiger partial charge on any atom is -0.312 e. The zero-order chi connectivity index (χ0) is 12.6. The molecule has 106 valence electrons. The zero-order valence-corrected chi connectivity index (χ0v) is 12.3. The van der Waals surface area contributed by atoms with Gasteiger partial charge in [0, 0.05) is 19.1 Å². The number of hydrogen-bond acceptors (Lipinski definition) is 2. The number of likely N-dealkylation sites (tertiary alicyclic amines) is 1. The SMILES string of the molecule is CCCCCCCCCN1CC2CCCNC2C1. The quantitative estimate of drug-likeness (QED) is 0.666. The van der Waals surface area contributed by atoms with E-state index in [1.165, 1.54) is 84.0 Å². The third kappa shape index (κ3) is 4.55. The van der Waals surface area contributed by atoms with Gasteiger partial charge in [0.2, 0.25) is 0 Å². The lowest BCUT2D eigenvalue weighted by molar-refractivity contribution is 0.311. The van der Waals surface area contributed by atoms with Gasteiger partial charge in [0.25, 0.3) is 0 Å². The lowest BCUT2D eigenvalue weighted by Crippen LogP contribution is -2.40. The van der Waals surface area contributed by atoms with Gasteiger partial charge in [0.1, 0.15) is 0 Å². The Balaban J connectivity index is 1.47. The van der Waals surface area contributed by atoms with E-state index in [0.717, 1.165) is 12.0 Å². The molecule has 0 aromatic carbocycles. The van der Waals surface area contributed by atoms with Gasteiger partial charge in [-0.2, -0.15) is 0 Å². The van der Waals surface area contributed by atoms with Crippen LogP contribution in [0.4, 0.5) is 0 Å². The van der Waals surface area contributed by atoms with Crippen LogP contribution >= 0.6 is 0 Å². The molecule has 2 rings (SSSR count). The first-order valence-electron chi connectivity index (χ1n) is 8.36. The summed E-state index contributed by atoms with van der Waals surface area (Å²) in [6.45, 7) is 7.59. The van der Waals surface area contributed by atoms with Crippen LogP contribution in [0.25, 0.3) is 0 Å². The highest BCUT2D eigenvalue weighted by Gasteiger charge is 2.33. The van der Waals surface area contributed by atoms with E-state index in [0.29, 0.717) is 0 Å². The van der Waals surface area contributed by atoms with Gasteiger partial charge in [0.05, 0.1) is 0 Å². The average Bonchev–Trinajstić information content (AvgIpc) is 2.80. The highest BCUT2D eigenvalue weighted by molar-refractivity contribution is 4.91. The second-order valence-electron chi connectivity index (χ2n) is 6.34. The second kappa shape index (κ2) is 8.16. The summed E-state index contributed by atoms with van der Waals surface area (Å²) < 4.78 is 0. The number of rotatable bonds is 8. The molecule has 2 unspecified atom stereocenters. The van der Waals surface area contributed by atoms with Crippen LogP contribution in [0.1, 0.15) is 64.7 Å². The Hall–Kier alpha value is -0.0800. The minimum absolute atomic E-state index is 0.823. The van der Waals surface area contributed by atoms with Crippen LogP contribution in [0.3, 0.4) is 0 Å². The zero-order valence-electron chi connectivity index (χ0n) is 12.3. The molecule has 0 spiro atoms. The van der Waals surface area contributed by atoms with Crippen LogP contribution in [0.15, 0.2) is 0 Å². The van der Waals surface area contributed by atoms with E-state index in [4.69, 9.17) is 0 Å². The monoisotopic (exact) mass is 252 g/mol. The van der Waals surface area contributed by atoms with E-state index < -0.39 is 0 Å². The predicted octanol–water partition coefficient (Wildman–Crippen LogP) is 3.42. The summed E-state index contributed by atoms with van der Waals surface area (Å²) in [5.74, 6) is 0.961. The lowest BCUT2D eigenvalue weighted by Gasteiger charge is -2.24. The van der Waals surface area contributed by atoms with Crippen molar-refractivity contribution in [2.75, 3.05) is 26.2 Å². The summed E-state index contributed by atoms with van der Waals surface area (Å²) in [5, 5.41) is 3.69. The number of piperidine rings is 1. The first kappa shape index (κ1) is 14.3. The second-order valence-corrected chi connectivity index (χ2v) is 6.34. The van der Waals surface area contributed by atoms with Gasteiger partial charge in [-0.15, -0.1) is 0 Å². The standard InChI is InChI=1S/C16H32N2/c1-2-3-4-5-6-7-8-12-18-13-15-10-9-11-17-16(15)14-18/h15-17H,2-14H2,1H3. The summed E-state index contributed by atoms with van der Waals surface area (Å²) in [7, 11) is 0. The molecule has 0 aromatic rings. The van der Waals surface area contributed by atoms with Crippen molar-refractivity contribution < 1.29 is 0 Å². The van der Waals surface area contributed by atoms with Gasteiger partial charge in [-0.1, -0.05) is 45.4 Å². The van der Waals surface area contributed by atoms with Crippen LogP contribution in [0.2, 0.25) is 0 Å². The van der Waals surface area contributed by atoms with Crippen LogP contribution < -0.4 is 5.32 Å². The molecule has 2 atom stereocenters. The molecule has 2 fully saturated rings. The van der Waals surface area contributed by atoms with Gasteiger partial charge < -0.3 is 10.2 Å². The predicted molar refractivity (Wildman–Crippen MR) is 78.9 cm³/mol. The molecule has 0 bridgehead atoms. The van der Waals surface area contributed by atoms with E-state index in [-0.39, 0.29) is 0 Å². The fraction of sp³-hybridized carbons (Fsp3) is 1.00. The molecule has 18 heavy (non-hydrogen) atoms. The summed E-state index contributed by atoms with van der Waals surface area (Å²) in [5.41, 5.74) is 0. The Labute approximate surface area is 114 Å². The number of unbranched alkanes of at least 4 members (excludes halogenated alkanes) is 6. The fourth-order valence-electron chi connectivity index (χ4n) is 3.61. The molecule has 2 heterocycles. The highest BCUT2D eigenvalue weighted by Crippen LogP contribution is 2.25. The molecular formula is C16H32N2. The number of nitrogens with zero attached hydrogens (tertiary/aromatic N) is 1. The van der Waals surface area contributed by atoms with Crippen molar-refractivity contribution in [3.63, 3.8) is 0 Å². The highest BCUT2D eigenvalue weighted by atomic mass is 15.2. The van der Waals surface area contributed by atoms with Crippen molar-refractivity contribution in [2.24, 2.45) is 5.92 Å². The molecule has 0 aliphatic carbocycles. The first-order chi connectivity index (χ1) is 8.90. The first-order valence-corrected chi connectivity index (χ1v) is 8.36. The molecule has 2 aliphatic heterocycles. The van der Waals surface area contributed by atoms with Crippen LogP contribution in [0.5, 0.6) is 0 Å². The molecule has 1 N–H and O–H groups in total. The largest absolute Gasteiger partial charge is 0.312 e. The molecular weight excluding hydrogens is 220 g/mol. The van der Waals surface area contributed by atoms with E-state index in [2.05, 4.69) is 17.1 Å². The lowest BCUT2D eigenvalue weighted by atomic mass is 9.94. The topological polar surface area (TPSA) is 15.3 Å². The van der Waals surface area contributed by atoms with Gasteiger partial charge in [-0.25, -0.2) is 0 Å². The summed E-state index contributed by atoms with van der Waals surface area (Å²) in [6.07, 6.45) is 12.9. The van der Waals surface area contributed by atoms with E-state index in [9.17, 15) is 0 Å². The van der Waals surface area contributed by atoms with Crippen LogP contribution in [0, 0.1) is 5.92 Å². The Morgan fingerprint density at radius 1 is 1.00 bits per heavy atom. The molecule has 2 nitrogen and oxygen atoms in total. The fourth-order valence-corrected chi connectivity index (χ4v) is 3.61. The smallest absolute Gasteiger partial charge is 0.0235 e. The van der Waals surface area contributed by atoms with Crippen LogP contribution in [-0.4, -0.2) is 37.1 Å². The average molecular weight is 252 g/mol. The number of fused-ring (bicyclic) bond motifs is 1. The Morgan fingerprint density at radius 3 is 2.56 bits per heavy atom. The Morgan fingerprint density at radius 2 is 1.78 bits per heavy atom. The van der Waals surface area contributed by atoms with Crippen molar-refractivity contribution in [3.05, 3.63) is 0 Å². The molecule has 2 saturated heterocycles. The number of nitrogens with one attached hydrogen (secondary N) is 1. The molecule has 0 aromatic heterocycles. The Bertz CT molecular complexity index is 203. The van der Waals surface area contributed by atoms with Gasteiger partial charge >= 0.3 is 0 Å². The maximum Gasteiger partial charge on any atom is 0.0235 e. The normalized spacial score (nSPS) is 28.5. The van der Waals surface area contributed by atoms with Crippen molar-refractivity contribution in [3.8, 4) is 0 Å². The molecule has 0 radical (unpaired) electrons. The van der Waals surface area contributed by atoms with Gasteiger partial charge in [-0.3, -0.25) is 0 Å². The van der Waals surface area contributed by atoms with Gasteiger partial charge in [-0.05, 0) is 38.3 Å². The van der Waals surface area contributed by atoms with E-state index >= 15 is 0 Å². The van der Waals surface area contributed by atoms with Crippen molar-refractivity contribution >= 4 is 0 Å². The van der Waals surface area contributed by atoms with E-state index in [1.54, 1.807) is 0 Å². The van der Waals surface area contributed by atoms with Crippen LogP contribution in [-0.2, 0) is 0 Å². The molecule has 0 amide bonds. The summed E-state index contributed by atoms with van der Waals surface area (Å²) in [4.78, 5) is 2.71. The maximum absolute atomic E-state index is 3.69. The maximum atomic E-state index is 3.69. The van der Waals surface area contributed by atoms with Crippen molar-refractivity contribution in [1.29, 1.82) is 0 Å². The van der Waals surface area contributed by atoms with E-state index in [1.807, 2.05) is 0 Å².